The first-order chi connectivity index (χ1) is 14.0. The molecule has 6 heteroatoms. The molecule has 0 radical (unpaired) electrons. The quantitative estimate of drug-likeness (QED) is 0.639. The zero-order chi connectivity index (χ0) is 20.6. The molecule has 0 aliphatic carbocycles. The highest BCUT2D eigenvalue weighted by Crippen LogP contribution is 2.25. The number of carbonyl (C=O) groups excluding carboxylic acids is 2. The van der Waals surface area contributed by atoms with Crippen molar-refractivity contribution in [2.24, 2.45) is 0 Å². The summed E-state index contributed by atoms with van der Waals surface area (Å²) in [6, 6.07) is 17.5. The molecule has 0 aliphatic heterocycles. The Morgan fingerprint density at radius 1 is 0.931 bits per heavy atom. The largest absolute Gasteiger partial charge is 0.489 e. The number of hydrogen-bond donors (Lipinski definition) is 2. The van der Waals surface area contributed by atoms with Crippen LogP contribution < -0.4 is 15.4 Å². The van der Waals surface area contributed by atoms with Crippen molar-refractivity contribution in [2.45, 2.75) is 26.5 Å². The van der Waals surface area contributed by atoms with Gasteiger partial charge in [-0.1, -0.05) is 18.2 Å². The second-order valence-corrected chi connectivity index (χ2v) is 6.74. The molecule has 0 fully saturated rings. The molecule has 0 saturated heterocycles. The number of ether oxygens (including phenoxy) is 1. The number of benzene rings is 2. The van der Waals surface area contributed by atoms with Gasteiger partial charge in [0.05, 0.1) is 11.8 Å². The number of anilines is 1. The molecule has 29 heavy (non-hydrogen) atoms. The monoisotopic (exact) mass is 389 g/mol. The molecule has 2 N–H and O–H groups in total. The van der Waals surface area contributed by atoms with Gasteiger partial charge in [-0.05, 0) is 61.9 Å². The van der Waals surface area contributed by atoms with Crippen molar-refractivity contribution in [1.82, 2.24) is 10.3 Å². The van der Waals surface area contributed by atoms with E-state index in [0.717, 1.165) is 5.56 Å². The second kappa shape index (κ2) is 9.50. The van der Waals surface area contributed by atoms with E-state index in [9.17, 15) is 9.59 Å². The van der Waals surface area contributed by atoms with Crippen LogP contribution in [-0.4, -0.2) is 22.9 Å². The van der Waals surface area contributed by atoms with Gasteiger partial charge in [-0.25, -0.2) is 0 Å². The zero-order valence-corrected chi connectivity index (χ0v) is 16.4. The summed E-state index contributed by atoms with van der Waals surface area (Å²) in [6.45, 7) is 4.23. The van der Waals surface area contributed by atoms with Crippen LogP contribution in [0.2, 0.25) is 0 Å². The minimum atomic E-state index is -0.311. The standard InChI is InChI=1S/C23H23N3O3/c1-16(2)29-21-9-4-3-8-20(21)26-23(28)19-7-5-6-18(14-19)22(27)25-15-17-10-12-24-13-11-17/h3-14,16H,15H2,1-2H3,(H,25,27)(H,26,28). The molecule has 1 heterocycles. The average molecular weight is 389 g/mol. The van der Waals surface area contributed by atoms with E-state index in [1.807, 2.05) is 38.1 Å². The number of aromatic nitrogens is 1. The predicted molar refractivity (Wildman–Crippen MR) is 112 cm³/mol. The summed E-state index contributed by atoms with van der Waals surface area (Å²) in [7, 11) is 0. The molecule has 1 aromatic heterocycles. The number of hydrogen-bond acceptors (Lipinski definition) is 4. The molecule has 0 bridgehead atoms. The van der Waals surface area contributed by atoms with Crippen molar-refractivity contribution >= 4 is 17.5 Å². The van der Waals surface area contributed by atoms with E-state index in [0.29, 0.717) is 29.1 Å². The Bertz CT molecular complexity index is 987. The molecule has 3 aromatic rings. The van der Waals surface area contributed by atoms with Crippen LogP contribution in [0, 0.1) is 0 Å². The highest BCUT2D eigenvalue weighted by molar-refractivity contribution is 6.06. The minimum Gasteiger partial charge on any atom is -0.489 e. The van der Waals surface area contributed by atoms with Crippen molar-refractivity contribution in [2.75, 3.05) is 5.32 Å². The van der Waals surface area contributed by atoms with Crippen LogP contribution in [0.4, 0.5) is 5.69 Å². The molecular formula is C23H23N3O3. The van der Waals surface area contributed by atoms with Gasteiger partial charge in [-0.15, -0.1) is 0 Å². The van der Waals surface area contributed by atoms with E-state index in [-0.39, 0.29) is 17.9 Å². The molecule has 0 atom stereocenters. The van der Waals surface area contributed by atoms with Gasteiger partial charge in [0.15, 0.2) is 0 Å². The van der Waals surface area contributed by atoms with Crippen LogP contribution in [0.3, 0.4) is 0 Å². The van der Waals surface area contributed by atoms with Gasteiger partial charge in [0, 0.05) is 30.1 Å². The minimum absolute atomic E-state index is 0.0135. The zero-order valence-electron chi connectivity index (χ0n) is 16.4. The maximum Gasteiger partial charge on any atom is 0.255 e. The van der Waals surface area contributed by atoms with E-state index in [2.05, 4.69) is 15.6 Å². The van der Waals surface area contributed by atoms with Crippen molar-refractivity contribution in [3.05, 3.63) is 89.7 Å². The number of amides is 2. The molecule has 0 unspecified atom stereocenters. The van der Waals surface area contributed by atoms with Crippen LogP contribution >= 0.6 is 0 Å². The summed E-state index contributed by atoms with van der Waals surface area (Å²) in [5.41, 5.74) is 2.34. The summed E-state index contributed by atoms with van der Waals surface area (Å²) in [4.78, 5) is 29.1. The molecule has 3 rings (SSSR count). The van der Waals surface area contributed by atoms with Crippen LogP contribution in [-0.2, 0) is 6.54 Å². The molecule has 0 spiro atoms. The topological polar surface area (TPSA) is 80.3 Å². The van der Waals surface area contributed by atoms with Gasteiger partial charge in [0.1, 0.15) is 5.75 Å². The van der Waals surface area contributed by atoms with E-state index in [1.54, 1.807) is 48.8 Å². The lowest BCUT2D eigenvalue weighted by Crippen LogP contribution is -2.23. The SMILES string of the molecule is CC(C)Oc1ccccc1NC(=O)c1cccc(C(=O)NCc2ccncc2)c1. The number of nitrogens with zero attached hydrogens (tertiary/aromatic N) is 1. The van der Waals surface area contributed by atoms with Gasteiger partial charge in [-0.2, -0.15) is 0 Å². The Hall–Kier alpha value is -3.67. The first-order valence-corrected chi connectivity index (χ1v) is 9.37. The number of nitrogens with one attached hydrogen (secondary N) is 2. The summed E-state index contributed by atoms with van der Waals surface area (Å²) < 4.78 is 5.73. The fourth-order valence-electron chi connectivity index (χ4n) is 2.71. The smallest absolute Gasteiger partial charge is 0.255 e. The van der Waals surface area contributed by atoms with E-state index in [1.165, 1.54) is 0 Å². The third-order valence-electron chi connectivity index (χ3n) is 4.09. The fourth-order valence-corrected chi connectivity index (χ4v) is 2.71. The van der Waals surface area contributed by atoms with Crippen LogP contribution in [0.5, 0.6) is 5.75 Å². The van der Waals surface area contributed by atoms with Gasteiger partial charge >= 0.3 is 0 Å². The van der Waals surface area contributed by atoms with Crippen molar-refractivity contribution in [3.63, 3.8) is 0 Å². The van der Waals surface area contributed by atoms with Gasteiger partial charge in [0.2, 0.25) is 0 Å². The summed E-state index contributed by atoms with van der Waals surface area (Å²) in [6.07, 6.45) is 3.33. The third kappa shape index (κ3) is 5.65. The first kappa shape index (κ1) is 20.1. The molecule has 6 nitrogen and oxygen atoms in total. The summed E-state index contributed by atoms with van der Waals surface area (Å²) >= 11 is 0. The summed E-state index contributed by atoms with van der Waals surface area (Å²) in [5.74, 6) is 0.0377. The Labute approximate surface area is 169 Å². The van der Waals surface area contributed by atoms with Gasteiger partial charge in [-0.3, -0.25) is 14.6 Å². The van der Waals surface area contributed by atoms with Crippen LogP contribution in [0.1, 0.15) is 40.1 Å². The molecule has 0 saturated carbocycles. The molecule has 148 valence electrons. The highest BCUT2D eigenvalue weighted by atomic mass is 16.5. The van der Waals surface area contributed by atoms with E-state index in [4.69, 9.17) is 4.74 Å². The number of carbonyl (C=O) groups is 2. The lowest BCUT2D eigenvalue weighted by atomic mass is 10.1. The molecular weight excluding hydrogens is 366 g/mol. The average Bonchev–Trinajstić information content (AvgIpc) is 2.74. The molecule has 0 aliphatic rings. The Balaban J connectivity index is 1.69. The first-order valence-electron chi connectivity index (χ1n) is 9.37. The second-order valence-electron chi connectivity index (χ2n) is 6.74. The van der Waals surface area contributed by atoms with Crippen LogP contribution in [0.25, 0.3) is 0 Å². The van der Waals surface area contributed by atoms with Crippen LogP contribution in [0.15, 0.2) is 73.1 Å². The fraction of sp³-hybridized carbons (Fsp3) is 0.174. The number of para-hydroxylation sites is 2. The van der Waals surface area contributed by atoms with Gasteiger partial charge < -0.3 is 15.4 Å². The Morgan fingerprint density at radius 2 is 1.62 bits per heavy atom. The maximum atomic E-state index is 12.7. The number of rotatable bonds is 7. The van der Waals surface area contributed by atoms with Crippen molar-refractivity contribution in [3.8, 4) is 5.75 Å². The van der Waals surface area contributed by atoms with Crippen molar-refractivity contribution in [1.29, 1.82) is 0 Å². The lowest BCUT2D eigenvalue weighted by molar-refractivity contribution is 0.0951. The maximum absolute atomic E-state index is 12.7. The van der Waals surface area contributed by atoms with Gasteiger partial charge in [0.25, 0.3) is 11.8 Å². The molecule has 2 aromatic carbocycles. The predicted octanol–water partition coefficient (Wildman–Crippen LogP) is 4.05. The highest BCUT2D eigenvalue weighted by Gasteiger charge is 2.13. The molecule has 2 amide bonds. The normalized spacial score (nSPS) is 10.4. The lowest BCUT2D eigenvalue weighted by Gasteiger charge is -2.15. The summed E-state index contributed by atoms with van der Waals surface area (Å²) in [5, 5.41) is 5.70. The third-order valence-corrected chi connectivity index (χ3v) is 4.09. The number of pyridine rings is 1. The Kier molecular flexibility index (Phi) is 6.58. The Morgan fingerprint density at radius 3 is 2.34 bits per heavy atom. The van der Waals surface area contributed by atoms with Crippen molar-refractivity contribution < 1.29 is 14.3 Å². The van der Waals surface area contributed by atoms with E-state index < -0.39 is 0 Å². The van der Waals surface area contributed by atoms with E-state index >= 15 is 0 Å².